The standard InChI is InChI=1S/C19H22F3N7OS/c20-19(21,22)10-23-9-12-8-15(29-18-27-14-2-1-7-24-16(14)31-18)28-17(26-12)25-11-3-5-13(30)6-4-11/h1-2,7-8,11,13,23,30H,3-6,9-10H2,(H2,25,26,27,28,29). The Morgan fingerprint density at radius 3 is 2.68 bits per heavy atom. The van der Waals surface area contributed by atoms with Crippen LogP contribution in [0.4, 0.5) is 30.1 Å². The van der Waals surface area contributed by atoms with E-state index in [4.69, 9.17) is 0 Å². The molecule has 0 bridgehead atoms. The second-order valence-electron chi connectivity index (χ2n) is 7.41. The van der Waals surface area contributed by atoms with Gasteiger partial charge in [0.05, 0.1) is 18.3 Å². The summed E-state index contributed by atoms with van der Waals surface area (Å²) in [5.74, 6) is 0.755. The molecule has 31 heavy (non-hydrogen) atoms. The van der Waals surface area contributed by atoms with Crippen molar-refractivity contribution in [1.29, 1.82) is 0 Å². The number of aromatic nitrogens is 4. The van der Waals surface area contributed by atoms with E-state index in [0.29, 0.717) is 35.4 Å². The molecule has 4 N–H and O–H groups in total. The van der Waals surface area contributed by atoms with Crippen LogP contribution in [0.1, 0.15) is 31.4 Å². The van der Waals surface area contributed by atoms with E-state index >= 15 is 0 Å². The molecular weight excluding hydrogens is 431 g/mol. The van der Waals surface area contributed by atoms with Gasteiger partial charge in [0.15, 0.2) is 5.13 Å². The van der Waals surface area contributed by atoms with Gasteiger partial charge in [0, 0.05) is 24.8 Å². The summed E-state index contributed by atoms with van der Waals surface area (Å²) in [7, 11) is 0. The zero-order valence-corrected chi connectivity index (χ0v) is 17.3. The van der Waals surface area contributed by atoms with Gasteiger partial charge in [-0.2, -0.15) is 18.2 Å². The first-order valence-corrected chi connectivity index (χ1v) is 10.7. The predicted octanol–water partition coefficient (Wildman–Crippen LogP) is 3.59. The molecule has 0 unspecified atom stereocenters. The summed E-state index contributed by atoms with van der Waals surface area (Å²) in [6, 6.07) is 5.34. The van der Waals surface area contributed by atoms with Gasteiger partial charge in [-0.3, -0.25) is 0 Å². The van der Waals surface area contributed by atoms with Gasteiger partial charge < -0.3 is 21.1 Å². The highest BCUT2D eigenvalue weighted by Crippen LogP contribution is 2.27. The van der Waals surface area contributed by atoms with Crippen molar-refractivity contribution in [3.63, 3.8) is 0 Å². The van der Waals surface area contributed by atoms with E-state index in [9.17, 15) is 18.3 Å². The van der Waals surface area contributed by atoms with Crippen molar-refractivity contribution in [2.45, 2.75) is 50.6 Å². The molecule has 3 heterocycles. The first-order valence-electron chi connectivity index (χ1n) is 9.93. The fourth-order valence-electron chi connectivity index (χ4n) is 3.38. The van der Waals surface area contributed by atoms with E-state index in [1.165, 1.54) is 11.3 Å². The van der Waals surface area contributed by atoms with E-state index in [2.05, 4.69) is 35.9 Å². The second kappa shape index (κ2) is 9.28. The number of thiazole rings is 1. The average Bonchev–Trinajstić information content (AvgIpc) is 3.11. The van der Waals surface area contributed by atoms with Crippen LogP contribution in [0, 0.1) is 0 Å². The monoisotopic (exact) mass is 453 g/mol. The molecular formula is C19H22F3N7OS. The molecule has 3 aromatic heterocycles. The number of nitrogens with one attached hydrogen (secondary N) is 3. The molecule has 1 fully saturated rings. The lowest BCUT2D eigenvalue weighted by Crippen LogP contribution is -2.30. The van der Waals surface area contributed by atoms with Gasteiger partial charge in [-0.15, -0.1) is 0 Å². The van der Waals surface area contributed by atoms with Crippen molar-refractivity contribution >= 4 is 38.6 Å². The molecule has 1 saturated carbocycles. The van der Waals surface area contributed by atoms with Crippen molar-refractivity contribution in [1.82, 2.24) is 25.3 Å². The Balaban J connectivity index is 1.52. The van der Waals surface area contributed by atoms with Crippen LogP contribution in [-0.2, 0) is 6.54 Å². The summed E-state index contributed by atoms with van der Waals surface area (Å²) in [5, 5.41) is 19.0. The Morgan fingerprint density at radius 2 is 1.94 bits per heavy atom. The SMILES string of the molecule is OC1CCC(Nc2nc(CNCC(F)(F)F)cc(Nc3nc4cccnc4s3)n2)CC1. The van der Waals surface area contributed by atoms with Gasteiger partial charge in [0.1, 0.15) is 16.2 Å². The molecule has 0 aromatic carbocycles. The highest BCUT2D eigenvalue weighted by molar-refractivity contribution is 7.21. The summed E-state index contributed by atoms with van der Waals surface area (Å²) in [6.07, 6.45) is 0.0136. The molecule has 0 saturated heterocycles. The van der Waals surface area contributed by atoms with Crippen LogP contribution in [0.3, 0.4) is 0 Å². The topological polar surface area (TPSA) is 108 Å². The number of aliphatic hydroxyl groups is 1. The van der Waals surface area contributed by atoms with Crippen LogP contribution in [0.15, 0.2) is 24.4 Å². The van der Waals surface area contributed by atoms with Gasteiger partial charge in [0.2, 0.25) is 5.95 Å². The van der Waals surface area contributed by atoms with Crippen LogP contribution in [0.2, 0.25) is 0 Å². The molecule has 0 atom stereocenters. The highest BCUT2D eigenvalue weighted by atomic mass is 32.1. The maximum Gasteiger partial charge on any atom is 0.401 e. The Kier molecular flexibility index (Phi) is 6.49. The lowest BCUT2D eigenvalue weighted by molar-refractivity contribution is -0.125. The highest BCUT2D eigenvalue weighted by Gasteiger charge is 2.26. The summed E-state index contributed by atoms with van der Waals surface area (Å²) in [5.41, 5.74) is 1.16. The summed E-state index contributed by atoms with van der Waals surface area (Å²) in [6.45, 7) is -1.16. The number of aliphatic hydroxyl groups excluding tert-OH is 1. The Hall–Kier alpha value is -2.57. The van der Waals surface area contributed by atoms with Crippen LogP contribution < -0.4 is 16.0 Å². The second-order valence-corrected chi connectivity index (χ2v) is 8.39. The number of rotatable bonds is 7. The third-order valence-electron chi connectivity index (χ3n) is 4.84. The fourth-order valence-corrected chi connectivity index (χ4v) is 4.20. The predicted molar refractivity (Wildman–Crippen MR) is 112 cm³/mol. The molecule has 1 aliphatic rings. The number of hydrogen-bond acceptors (Lipinski definition) is 9. The zero-order chi connectivity index (χ0) is 21.8. The average molecular weight is 453 g/mol. The molecule has 1 aliphatic carbocycles. The molecule has 0 aliphatic heterocycles. The quantitative estimate of drug-likeness (QED) is 0.430. The molecule has 4 rings (SSSR count). The maximum atomic E-state index is 12.5. The molecule has 3 aromatic rings. The van der Waals surface area contributed by atoms with E-state index in [1.807, 2.05) is 6.07 Å². The Labute approximate surface area is 180 Å². The molecule has 0 radical (unpaired) electrons. The van der Waals surface area contributed by atoms with Crippen molar-refractivity contribution in [2.75, 3.05) is 17.2 Å². The van der Waals surface area contributed by atoms with E-state index in [1.54, 1.807) is 18.3 Å². The number of nitrogens with zero attached hydrogens (tertiary/aromatic N) is 4. The van der Waals surface area contributed by atoms with Crippen molar-refractivity contribution in [2.24, 2.45) is 0 Å². The first kappa shape index (κ1) is 21.7. The minimum atomic E-state index is -4.30. The minimum absolute atomic E-state index is 0.0594. The Bertz CT molecular complexity index is 988. The largest absolute Gasteiger partial charge is 0.401 e. The molecule has 0 amide bonds. The number of halogens is 3. The minimum Gasteiger partial charge on any atom is -0.393 e. The van der Waals surface area contributed by atoms with Gasteiger partial charge in [-0.25, -0.2) is 15.0 Å². The van der Waals surface area contributed by atoms with Crippen molar-refractivity contribution in [3.05, 3.63) is 30.1 Å². The van der Waals surface area contributed by atoms with E-state index in [0.717, 1.165) is 23.2 Å². The van der Waals surface area contributed by atoms with E-state index < -0.39 is 12.7 Å². The molecule has 0 spiro atoms. The van der Waals surface area contributed by atoms with E-state index in [-0.39, 0.29) is 18.7 Å². The van der Waals surface area contributed by atoms with Crippen LogP contribution in [-0.4, -0.2) is 49.9 Å². The maximum absolute atomic E-state index is 12.5. The van der Waals surface area contributed by atoms with Crippen LogP contribution in [0.25, 0.3) is 10.3 Å². The number of fused-ring (bicyclic) bond motifs is 1. The lowest BCUT2D eigenvalue weighted by Gasteiger charge is -2.26. The van der Waals surface area contributed by atoms with Crippen molar-refractivity contribution < 1.29 is 18.3 Å². The Morgan fingerprint density at radius 1 is 1.13 bits per heavy atom. The number of pyridine rings is 1. The fraction of sp³-hybridized carbons (Fsp3) is 0.474. The molecule has 8 nitrogen and oxygen atoms in total. The third kappa shape index (κ3) is 6.21. The molecule has 12 heteroatoms. The number of alkyl halides is 3. The van der Waals surface area contributed by atoms with Gasteiger partial charge in [-0.1, -0.05) is 11.3 Å². The van der Waals surface area contributed by atoms with Crippen LogP contribution in [0.5, 0.6) is 0 Å². The molecule has 166 valence electrons. The summed E-state index contributed by atoms with van der Waals surface area (Å²) >= 11 is 1.35. The first-order chi connectivity index (χ1) is 14.8. The van der Waals surface area contributed by atoms with Gasteiger partial charge in [-0.05, 0) is 37.8 Å². The van der Waals surface area contributed by atoms with Crippen LogP contribution >= 0.6 is 11.3 Å². The number of anilines is 3. The zero-order valence-electron chi connectivity index (χ0n) is 16.5. The van der Waals surface area contributed by atoms with Gasteiger partial charge >= 0.3 is 6.18 Å². The summed E-state index contributed by atoms with van der Waals surface area (Å²) < 4.78 is 37.5. The normalized spacial score (nSPS) is 19.5. The number of hydrogen-bond donors (Lipinski definition) is 4. The third-order valence-corrected chi connectivity index (χ3v) is 5.74. The van der Waals surface area contributed by atoms with Crippen molar-refractivity contribution in [3.8, 4) is 0 Å². The smallest absolute Gasteiger partial charge is 0.393 e. The summed E-state index contributed by atoms with van der Waals surface area (Å²) in [4.78, 5) is 18.3. The van der Waals surface area contributed by atoms with Gasteiger partial charge in [0.25, 0.3) is 0 Å². The lowest BCUT2D eigenvalue weighted by atomic mass is 9.93.